The average molecular weight is 358 g/mol. The number of nitro benzene ring substituents is 1. The van der Waals surface area contributed by atoms with Gasteiger partial charge >= 0.3 is 0 Å². The number of aromatic hydroxyl groups is 1. The first-order chi connectivity index (χ1) is 12.4. The average Bonchev–Trinajstić information content (AvgIpc) is 2.62. The summed E-state index contributed by atoms with van der Waals surface area (Å²) in [5, 5.41) is 27.5. The van der Waals surface area contributed by atoms with Gasteiger partial charge in [0.1, 0.15) is 0 Å². The van der Waals surface area contributed by atoms with E-state index >= 15 is 0 Å². The molecule has 1 amide bonds. The molecule has 0 radical (unpaired) electrons. The molecule has 0 fully saturated rings. The monoisotopic (exact) mass is 358 g/mol. The predicted molar refractivity (Wildman–Crippen MR) is 96.7 cm³/mol. The SMILES string of the molecule is COc1cc([N+](=O)[O-])cc(/C=N/NC(=O)CNc2ccc(C)cc2)c1O. The van der Waals surface area contributed by atoms with Gasteiger partial charge in [0.2, 0.25) is 0 Å². The molecular weight excluding hydrogens is 340 g/mol. The first kappa shape index (κ1) is 18.7. The maximum absolute atomic E-state index is 11.8. The number of nitro groups is 1. The predicted octanol–water partition coefficient (Wildman–Crippen LogP) is 2.18. The van der Waals surface area contributed by atoms with E-state index in [2.05, 4.69) is 15.8 Å². The summed E-state index contributed by atoms with van der Waals surface area (Å²) in [4.78, 5) is 22.1. The van der Waals surface area contributed by atoms with Gasteiger partial charge in [0, 0.05) is 17.3 Å². The third-order valence-corrected chi connectivity index (χ3v) is 3.42. The van der Waals surface area contributed by atoms with E-state index in [9.17, 15) is 20.0 Å². The van der Waals surface area contributed by atoms with Gasteiger partial charge in [-0.15, -0.1) is 0 Å². The third kappa shape index (κ3) is 4.94. The number of anilines is 1. The van der Waals surface area contributed by atoms with Crippen LogP contribution in [-0.4, -0.2) is 35.8 Å². The summed E-state index contributed by atoms with van der Waals surface area (Å²) in [5.74, 6) is -0.791. The van der Waals surface area contributed by atoms with Crippen LogP contribution in [0.2, 0.25) is 0 Å². The number of hydrazone groups is 1. The molecule has 136 valence electrons. The number of nitrogens with zero attached hydrogens (tertiary/aromatic N) is 2. The molecule has 2 aromatic carbocycles. The van der Waals surface area contributed by atoms with Crippen molar-refractivity contribution in [1.29, 1.82) is 0 Å². The summed E-state index contributed by atoms with van der Waals surface area (Å²) in [6.07, 6.45) is 1.11. The molecule has 0 saturated heterocycles. The third-order valence-electron chi connectivity index (χ3n) is 3.42. The molecule has 0 bridgehead atoms. The second-order valence-electron chi connectivity index (χ2n) is 5.36. The summed E-state index contributed by atoms with van der Waals surface area (Å²) in [5.41, 5.74) is 3.94. The molecule has 0 saturated carbocycles. The molecule has 0 aliphatic rings. The van der Waals surface area contributed by atoms with Crippen molar-refractivity contribution in [2.24, 2.45) is 5.10 Å². The summed E-state index contributed by atoms with van der Waals surface area (Å²) in [6.45, 7) is 1.95. The zero-order valence-corrected chi connectivity index (χ0v) is 14.2. The molecule has 2 aromatic rings. The molecule has 0 unspecified atom stereocenters. The molecule has 3 N–H and O–H groups in total. The van der Waals surface area contributed by atoms with Gasteiger partial charge in [-0.05, 0) is 19.1 Å². The number of hydrogen-bond acceptors (Lipinski definition) is 7. The Labute approximate surface area is 149 Å². The Morgan fingerprint density at radius 2 is 2.04 bits per heavy atom. The van der Waals surface area contributed by atoms with Crippen molar-refractivity contribution in [1.82, 2.24) is 5.43 Å². The zero-order valence-electron chi connectivity index (χ0n) is 14.2. The molecular formula is C17H18N4O5. The number of carbonyl (C=O) groups excluding carboxylic acids is 1. The lowest BCUT2D eigenvalue weighted by atomic mass is 10.2. The summed E-state index contributed by atoms with van der Waals surface area (Å²) in [6, 6.07) is 9.74. The fraction of sp³-hybridized carbons (Fsp3) is 0.176. The number of amides is 1. The fourth-order valence-corrected chi connectivity index (χ4v) is 2.04. The van der Waals surface area contributed by atoms with Gasteiger partial charge in [0.05, 0.1) is 30.9 Å². The normalized spacial score (nSPS) is 10.5. The number of benzene rings is 2. The van der Waals surface area contributed by atoms with Gasteiger partial charge in [0.15, 0.2) is 11.5 Å². The van der Waals surface area contributed by atoms with Crippen molar-refractivity contribution in [3.8, 4) is 11.5 Å². The van der Waals surface area contributed by atoms with E-state index in [1.54, 1.807) is 0 Å². The number of non-ortho nitro benzene ring substituents is 1. The standard InChI is InChI=1S/C17H18N4O5/c1-11-3-5-13(6-4-11)18-10-16(22)20-19-9-12-7-14(21(24)25)8-15(26-2)17(12)23/h3-9,18,23H,10H2,1-2H3,(H,20,22)/b19-9+. The highest BCUT2D eigenvalue weighted by Crippen LogP contribution is 2.33. The molecule has 0 atom stereocenters. The van der Waals surface area contributed by atoms with Crippen LogP contribution >= 0.6 is 0 Å². The largest absolute Gasteiger partial charge is 0.504 e. The number of methoxy groups -OCH3 is 1. The molecule has 26 heavy (non-hydrogen) atoms. The molecule has 0 aliphatic carbocycles. The molecule has 0 spiro atoms. The number of phenols is 1. The Hall–Kier alpha value is -3.62. The number of nitrogens with one attached hydrogen (secondary N) is 2. The second-order valence-corrected chi connectivity index (χ2v) is 5.36. The van der Waals surface area contributed by atoms with Crippen LogP contribution in [0.4, 0.5) is 11.4 Å². The van der Waals surface area contributed by atoms with Crippen molar-refractivity contribution in [3.05, 3.63) is 57.6 Å². The summed E-state index contributed by atoms with van der Waals surface area (Å²) in [7, 11) is 1.28. The van der Waals surface area contributed by atoms with Crippen LogP contribution in [-0.2, 0) is 4.79 Å². The molecule has 9 nitrogen and oxygen atoms in total. The Morgan fingerprint density at radius 1 is 1.35 bits per heavy atom. The number of rotatable bonds is 7. The van der Waals surface area contributed by atoms with Crippen molar-refractivity contribution in [2.45, 2.75) is 6.92 Å². The smallest absolute Gasteiger partial charge is 0.274 e. The number of carbonyl (C=O) groups is 1. The minimum absolute atomic E-state index is 0.00928. The number of aryl methyl sites for hydroxylation is 1. The van der Waals surface area contributed by atoms with Crippen LogP contribution in [0.1, 0.15) is 11.1 Å². The topological polar surface area (TPSA) is 126 Å². The zero-order chi connectivity index (χ0) is 19.1. The van der Waals surface area contributed by atoms with Gasteiger partial charge in [-0.25, -0.2) is 5.43 Å². The van der Waals surface area contributed by atoms with Crippen LogP contribution in [0.15, 0.2) is 41.5 Å². The highest BCUT2D eigenvalue weighted by molar-refractivity contribution is 5.88. The van der Waals surface area contributed by atoms with E-state index in [1.807, 2.05) is 31.2 Å². The Kier molecular flexibility index (Phi) is 6.10. The van der Waals surface area contributed by atoms with Crippen LogP contribution in [0.3, 0.4) is 0 Å². The lowest BCUT2D eigenvalue weighted by Gasteiger charge is -2.07. The summed E-state index contributed by atoms with van der Waals surface area (Å²) < 4.78 is 4.89. The highest BCUT2D eigenvalue weighted by Gasteiger charge is 2.15. The van der Waals surface area contributed by atoms with Crippen LogP contribution in [0.5, 0.6) is 11.5 Å². The second kappa shape index (κ2) is 8.47. The van der Waals surface area contributed by atoms with Crippen molar-refractivity contribution in [2.75, 3.05) is 19.0 Å². The Morgan fingerprint density at radius 3 is 2.65 bits per heavy atom. The van der Waals surface area contributed by atoms with Crippen LogP contribution < -0.4 is 15.5 Å². The quantitative estimate of drug-likeness (QED) is 0.396. The first-order valence-corrected chi connectivity index (χ1v) is 7.58. The van der Waals surface area contributed by atoms with Gasteiger partial charge in [-0.3, -0.25) is 14.9 Å². The van der Waals surface area contributed by atoms with Crippen LogP contribution in [0, 0.1) is 17.0 Å². The molecule has 0 heterocycles. The van der Waals surface area contributed by atoms with E-state index in [4.69, 9.17) is 4.74 Å². The lowest BCUT2D eigenvalue weighted by molar-refractivity contribution is -0.385. The molecule has 0 aliphatic heterocycles. The van der Waals surface area contributed by atoms with Crippen LogP contribution in [0.25, 0.3) is 0 Å². The molecule has 0 aromatic heterocycles. The van der Waals surface area contributed by atoms with E-state index in [0.717, 1.165) is 29.6 Å². The minimum atomic E-state index is -0.622. The number of phenolic OH excluding ortho intramolecular Hbond substituents is 1. The van der Waals surface area contributed by atoms with Gasteiger partial charge in [-0.1, -0.05) is 17.7 Å². The maximum atomic E-state index is 11.8. The first-order valence-electron chi connectivity index (χ1n) is 7.58. The van der Waals surface area contributed by atoms with Crippen molar-refractivity contribution < 1.29 is 19.6 Å². The lowest BCUT2D eigenvalue weighted by Crippen LogP contribution is -2.25. The Bertz CT molecular complexity index is 834. The van der Waals surface area contributed by atoms with Gasteiger partial charge < -0.3 is 15.2 Å². The van der Waals surface area contributed by atoms with Crippen molar-refractivity contribution in [3.63, 3.8) is 0 Å². The maximum Gasteiger partial charge on any atom is 0.274 e. The van der Waals surface area contributed by atoms with E-state index in [1.165, 1.54) is 7.11 Å². The van der Waals surface area contributed by atoms with E-state index in [-0.39, 0.29) is 29.3 Å². The van der Waals surface area contributed by atoms with E-state index < -0.39 is 10.8 Å². The number of hydrogen-bond donors (Lipinski definition) is 3. The summed E-state index contributed by atoms with van der Waals surface area (Å²) >= 11 is 0. The minimum Gasteiger partial charge on any atom is -0.504 e. The molecule has 2 rings (SSSR count). The highest BCUT2D eigenvalue weighted by atomic mass is 16.6. The number of ether oxygens (including phenoxy) is 1. The van der Waals surface area contributed by atoms with Gasteiger partial charge in [0.25, 0.3) is 11.6 Å². The molecule has 9 heteroatoms. The van der Waals surface area contributed by atoms with Crippen molar-refractivity contribution >= 4 is 23.5 Å². The van der Waals surface area contributed by atoms with Gasteiger partial charge in [-0.2, -0.15) is 5.10 Å². The Balaban J connectivity index is 1.98. The van der Waals surface area contributed by atoms with E-state index in [0.29, 0.717) is 0 Å². The fourth-order valence-electron chi connectivity index (χ4n) is 2.04.